The summed E-state index contributed by atoms with van der Waals surface area (Å²) in [6.07, 6.45) is 0.895. The molecule has 0 saturated carbocycles. The molecule has 0 aromatic heterocycles. The highest BCUT2D eigenvalue weighted by Crippen LogP contribution is 2.33. The fourth-order valence-corrected chi connectivity index (χ4v) is 2.94. The zero-order valence-electron chi connectivity index (χ0n) is 11.8. The summed E-state index contributed by atoms with van der Waals surface area (Å²) in [4.78, 5) is 0. The number of rotatable bonds is 4. The van der Waals surface area contributed by atoms with E-state index in [0.717, 1.165) is 28.3 Å². The fraction of sp³-hybridized carbons (Fsp3) is 0.294. The molecule has 3 rings (SSSR count). The van der Waals surface area contributed by atoms with E-state index >= 15 is 0 Å². The second-order valence-corrected chi connectivity index (χ2v) is 5.71. The van der Waals surface area contributed by atoms with Crippen molar-refractivity contribution < 1.29 is 9.13 Å². The minimum Gasteiger partial charge on any atom is -0.493 e. The van der Waals surface area contributed by atoms with Crippen LogP contribution < -0.4 is 10.1 Å². The zero-order chi connectivity index (χ0) is 14.8. The molecule has 1 aliphatic rings. The molecule has 0 unspecified atom stereocenters. The van der Waals surface area contributed by atoms with E-state index in [1.165, 1.54) is 6.07 Å². The van der Waals surface area contributed by atoms with Crippen LogP contribution in [-0.2, 0) is 13.0 Å². The van der Waals surface area contributed by atoms with Crippen LogP contribution in [-0.4, -0.2) is 6.61 Å². The van der Waals surface area contributed by atoms with E-state index in [1.54, 1.807) is 12.1 Å². The maximum absolute atomic E-state index is 13.8. The summed E-state index contributed by atoms with van der Waals surface area (Å²) in [6, 6.07) is 10.6. The SMILES string of the molecule is C[C@@H](NCc1cc(Cl)cc2c1OCC2)c1ccccc1F. The van der Waals surface area contributed by atoms with Crippen molar-refractivity contribution in [1.29, 1.82) is 0 Å². The Morgan fingerprint density at radius 1 is 1.33 bits per heavy atom. The van der Waals surface area contributed by atoms with Gasteiger partial charge in [-0.2, -0.15) is 0 Å². The molecule has 0 bridgehead atoms. The molecule has 0 aliphatic carbocycles. The van der Waals surface area contributed by atoms with E-state index in [4.69, 9.17) is 16.3 Å². The third-order valence-electron chi connectivity index (χ3n) is 3.80. The molecule has 2 nitrogen and oxygen atoms in total. The number of hydrogen-bond acceptors (Lipinski definition) is 2. The van der Waals surface area contributed by atoms with E-state index in [1.807, 2.05) is 25.1 Å². The molecule has 110 valence electrons. The van der Waals surface area contributed by atoms with Crippen molar-refractivity contribution >= 4 is 11.6 Å². The summed E-state index contributed by atoms with van der Waals surface area (Å²) in [6.45, 7) is 3.24. The van der Waals surface area contributed by atoms with Crippen LogP contribution in [0.3, 0.4) is 0 Å². The molecule has 0 fully saturated rings. The lowest BCUT2D eigenvalue weighted by atomic mass is 10.1. The summed E-state index contributed by atoms with van der Waals surface area (Å²) in [7, 11) is 0. The van der Waals surface area contributed by atoms with Crippen molar-refractivity contribution in [3.05, 3.63) is 63.9 Å². The van der Waals surface area contributed by atoms with Crippen LogP contribution in [0.5, 0.6) is 5.75 Å². The van der Waals surface area contributed by atoms with Gasteiger partial charge in [-0.05, 0) is 30.7 Å². The van der Waals surface area contributed by atoms with Crippen molar-refractivity contribution in [2.24, 2.45) is 0 Å². The molecule has 21 heavy (non-hydrogen) atoms. The van der Waals surface area contributed by atoms with Crippen LogP contribution >= 0.6 is 11.6 Å². The van der Waals surface area contributed by atoms with Gasteiger partial charge in [0.2, 0.25) is 0 Å². The minimum absolute atomic E-state index is 0.0813. The van der Waals surface area contributed by atoms with Gasteiger partial charge in [0, 0.05) is 35.2 Å². The number of benzene rings is 2. The van der Waals surface area contributed by atoms with E-state index in [0.29, 0.717) is 18.7 Å². The van der Waals surface area contributed by atoms with Crippen molar-refractivity contribution in [2.45, 2.75) is 25.9 Å². The normalized spacial score (nSPS) is 14.6. The van der Waals surface area contributed by atoms with Crippen LogP contribution in [0.4, 0.5) is 4.39 Å². The lowest BCUT2D eigenvalue weighted by molar-refractivity contribution is 0.351. The standard InChI is InChI=1S/C17H17ClFNO/c1-11(15-4-2-3-5-16(15)19)20-10-13-9-14(18)8-12-6-7-21-17(12)13/h2-5,8-9,11,20H,6-7,10H2,1H3/t11-/m1/s1. The minimum atomic E-state index is -0.190. The van der Waals surface area contributed by atoms with Gasteiger partial charge in [-0.25, -0.2) is 4.39 Å². The van der Waals surface area contributed by atoms with Crippen molar-refractivity contribution in [2.75, 3.05) is 6.61 Å². The average Bonchev–Trinajstić information content (AvgIpc) is 2.93. The zero-order valence-corrected chi connectivity index (χ0v) is 12.6. The van der Waals surface area contributed by atoms with E-state index in [-0.39, 0.29) is 11.9 Å². The second-order valence-electron chi connectivity index (χ2n) is 5.28. The van der Waals surface area contributed by atoms with Gasteiger partial charge < -0.3 is 10.1 Å². The van der Waals surface area contributed by atoms with E-state index in [2.05, 4.69) is 5.32 Å². The molecule has 1 atom stereocenters. The molecular formula is C17H17ClFNO. The molecule has 0 radical (unpaired) electrons. The first kappa shape index (κ1) is 14.4. The summed E-state index contributed by atoms with van der Waals surface area (Å²) >= 11 is 6.14. The summed E-state index contributed by atoms with van der Waals surface area (Å²) in [5.41, 5.74) is 2.84. The molecule has 1 heterocycles. The monoisotopic (exact) mass is 305 g/mol. The number of fused-ring (bicyclic) bond motifs is 1. The lowest BCUT2D eigenvalue weighted by Crippen LogP contribution is -2.19. The lowest BCUT2D eigenvalue weighted by Gasteiger charge is -2.16. The van der Waals surface area contributed by atoms with Crippen LogP contribution in [0.2, 0.25) is 5.02 Å². The molecule has 1 aliphatic heterocycles. The van der Waals surface area contributed by atoms with Gasteiger partial charge in [-0.1, -0.05) is 29.8 Å². The Bertz CT molecular complexity index is 659. The Morgan fingerprint density at radius 3 is 2.95 bits per heavy atom. The third kappa shape index (κ3) is 3.04. The Hall–Kier alpha value is -1.58. The van der Waals surface area contributed by atoms with Crippen LogP contribution in [0.1, 0.15) is 29.7 Å². The van der Waals surface area contributed by atoms with Crippen molar-refractivity contribution in [1.82, 2.24) is 5.32 Å². The van der Waals surface area contributed by atoms with Gasteiger partial charge in [0.25, 0.3) is 0 Å². The Balaban J connectivity index is 1.75. The van der Waals surface area contributed by atoms with E-state index in [9.17, 15) is 4.39 Å². The predicted octanol–water partition coefficient (Wildman–Crippen LogP) is 4.26. The van der Waals surface area contributed by atoms with Gasteiger partial charge in [0.1, 0.15) is 11.6 Å². The Labute approximate surface area is 128 Å². The van der Waals surface area contributed by atoms with Gasteiger partial charge in [-0.3, -0.25) is 0 Å². The van der Waals surface area contributed by atoms with Crippen molar-refractivity contribution in [3.8, 4) is 5.75 Å². The van der Waals surface area contributed by atoms with Crippen LogP contribution in [0.15, 0.2) is 36.4 Å². The Kier molecular flexibility index (Phi) is 4.13. The molecule has 0 saturated heterocycles. The molecule has 0 spiro atoms. The number of nitrogens with one attached hydrogen (secondary N) is 1. The van der Waals surface area contributed by atoms with Gasteiger partial charge in [0.15, 0.2) is 0 Å². The largest absolute Gasteiger partial charge is 0.493 e. The first-order chi connectivity index (χ1) is 10.1. The van der Waals surface area contributed by atoms with Gasteiger partial charge in [-0.15, -0.1) is 0 Å². The number of hydrogen-bond donors (Lipinski definition) is 1. The van der Waals surface area contributed by atoms with Crippen LogP contribution in [0, 0.1) is 5.82 Å². The smallest absolute Gasteiger partial charge is 0.127 e. The quantitative estimate of drug-likeness (QED) is 0.911. The van der Waals surface area contributed by atoms with Gasteiger partial charge in [0.05, 0.1) is 6.61 Å². The third-order valence-corrected chi connectivity index (χ3v) is 4.01. The number of halogens is 2. The molecule has 1 N–H and O–H groups in total. The average molecular weight is 306 g/mol. The Morgan fingerprint density at radius 2 is 2.14 bits per heavy atom. The highest BCUT2D eigenvalue weighted by Gasteiger charge is 2.18. The first-order valence-electron chi connectivity index (χ1n) is 7.07. The first-order valence-corrected chi connectivity index (χ1v) is 7.45. The summed E-state index contributed by atoms with van der Waals surface area (Å²) in [5, 5.41) is 4.05. The number of ether oxygens (including phenoxy) is 1. The summed E-state index contributed by atoms with van der Waals surface area (Å²) in [5.74, 6) is 0.734. The van der Waals surface area contributed by atoms with Crippen molar-refractivity contribution in [3.63, 3.8) is 0 Å². The molecular weight excluding hydrogens is 289 g/mol. The molecule has 2 aromatic rings. The molecule has 2 aromatic carbocycles. The summed E-state index contributed by atoms with van der Waals surface area (Å²) < 4.78 is 19.4. The highest BCUT2D eigenvalue weighted by molar-refractivity contribution is 6.30. The van der Waals surface area contributed by atoms with Gasteiger partial charge >= 0.3 is 0 Å². The second kappa shape index (κ2) is 6.04. The maximum atomic E-state index is 13.8. The van der Waals surface area contributed by atoms with Crippen LogP contribution in [0.25, 0.3) is 0 Å². The molecule has 4 heteroatoms. The highest BCUT2D eigenvalue weighted by atomic mass is 35.5. The maximum Gasteiger partial charge on any atom is 0.127 e. The fourth-order valence-electron chi connectivity index (χ4n) is 2.68. The predicted molar refractivity (Wildman–Crippen MR) is 82.3 cm³/mol. The van der Waals surface area contributed by atoms with E-state index < -0.39 is 0 Å². The topological polar surface area (TPSA) is 21.3 Å². The molecule has 0 amide bonds.